The lowest BCUT2D eigenvalue weighted by molar-refractivity contribution is 0.0162. The maximum Gasteiger partial charge on any atom is 0.274 e. The molecule has 0 radical (unpaired) electrons. The minimum Gasteiger partial charge on any atom is -0.335 e. The van der Waals surface area contributed by atoms with Gasteiger partial charge in [0.15, 0.2) is 28.3 Å². The Labute approximate surface area is 852 Å². The van der Waals surface area contributed by atoms with Crippen LogP contribution in [0, 0.1) is 23.3 Å². The van der Waals surface area contributed by atoms with E-state index in [0.29, 0.717) is 152 Å². The Morgan fingerprint density at radius 2 is 0.561 bits per heavy atom. The normalized spacial score (nSPS) is 15.4. The quantitative estimate of drug-likeness (QED) is 0.0811. The average molecular weight is 2000 g/mol. The molecule has 4 fully saturated rings. The molecule has 4 aromatic carbocycles. The molecule has 16 aromatic rings. The summed E-state index contributed by atoms with van der Waals surface area (Å²) in [4.78, 5) is 147. The molecule has 20 rings (SSSR count). The summed E-state index contributed by atoms with van der Waals surface area (Å²) in [7, 11) is 0. The number of amides is 8. The van der Waals surface area contributed by atoms with E-state index in [-0.39, 0.29) is 111 Å². The maximum atomic E-state index is 13.7. The molecule has 4 saturated heterocycles. The van der Waals surface area contributed by atoms with Crippen molar-refractivity contribution in [1.29, 1.82) is 0 Å². The standard InChI is InChI=1S/2C28H29FN6O2.2C27H28FN7O2/c1-18(2)22-15-23(19-5-7-21(29)8-6-19)32-35-16-24(31-25(22)35)27(37)34-14-13-33(17-28(34,3)4)26(36)20-9-11-30-12-10-20;1-18(2)22-14-23(19-7-9-21(29)10-8-19)32-35-16-24(31-25(22)35)27(37)34-13-12-33(17-28(34,3)4)26(36)20-6-5-11-30-15-20;1-17(2)21-13-22(18-5-7-20(28)8-6-18)32-35-15-23(31-24(21)35)26(37)34-12-11-33(16-27(34,3)4)25(36)19-9-10-29-30-14-19;1-17(2)20-14-22(18-7-9-19(28)10-8-18)32-35-15-23(30-24(20)35)26(37)34-13-12-33(16-27(34,3)4)25(36)21-6-5-11-29-31-21/h5-12,15-16,18H,13-14,17H2,1-4H3;5-11,14-16,18H,12-13,17H2,1-4H3;5-10,13-15,17H,11-12,16H2,1-4H3;5-11,14-15,17H,12-13,16H2,1-4H3. The third-order valence-electron chi connectivity index (χ3n) is 26.9. The third kappa shape index (κ3) is 22.0. The van der Waals surface area contributed by atoms with Crippen LogP contribution in [0.15, 0.2) is 232 Å². The number of hydrogen-bond acceptors (Lipinski definition) is 22. The number of fused-ring (bicyclic) bond motifs is 4. The van der Waals surface area contributed by atoms with Gasteiger partial charge in [-0.3, -0.25) is 48.3 Å². The van der Waals surface area contributed by atoms with Gasteiger partial charge in [0.2, 0.25) is 0 Å². The molecule has 0 aliphatic carbocycles. The zero-order valence-corrected chi connectivity index (χ0v) is 85.1. The molecule has 0 atom stereocenters. The molecule has 0 N–H and O–H groups in total. The molecule has 760 valence electrons. The number of carbonyl (C=O) groups is 8. The fraction of sp³-hybridized carbons (Fsp3) is 0.327. The van der Waals surface area contributed by atoms with Crippen molar-refractivity contribution >= 4 is 69.8 Å². The molecular weight excluding hydrogens is 1890 g/mol. The van der Waals surface area contributed by atoms with Gasteiger partial charge in [-0.05, 0) is 243 Å². The maximum absolute atomic E-state index is 13.7. The number of imidazole rings is 4. The molecular formula is C110H114F4N26O8. The van der Waals surface area contributed by atoms with Gasteiger partial charge in [-0.2, -0.15) is 35.7 Å². The number of benzene rings is 4. The number of pyridine rings is 2. The number of halogens is 4. The molecule has 34 nitrogen and oxygen atoms in total. The van der Waals surface area contributed by atoms with Crippen molar-refractivity contribution in [3.05, 3.63) is 323 Å². The lowest BCUT2D eigenvalue weighted by Gasteiger charge is -2.46. The van der Waals surface area contributed by atoms with Crippen LogP contribution in [0.2, 0.25) is 0 Å². The van der Waals surface area contributed by atoms with E-state index >= 15 is 0 Å². The van der Waals surface area contributed by atoms with E-state index in [1.807, 2.05) is 79.7 Å². The summed E-state index contributed by atoms with van der Waals surface area (Å²) in [5.41, 5.74) is 12.6. The van der Waals surface area contributed by atoms with Crippen LogP contribution in [0.4, 0.5) is 17.6 Å². The molecule has 0 unspecified atom stereocenters. The summed E-state index contributed by atoms with van der Waals surface area (Å²) in [6, 6.07) is 44.3. The smallest absolute Gasteiger partial charge is 0.274 e. The first-order chi connectivity index (χ1) is 70.5. The Kier molecular flexibility index (Phi) is 29.3. The number of piperazine rings is 4. The van der Waals surface area contributed by atoms with Crippen molar-refractivity contribution < 1.29 is 55.9 Å². The van der Waals surface area contributed by atoms with Crippen molar-refractivity contribution in [2.45, 2.75) is 157 Å². The van der Waals surface area contributed by atoms with Gasteiger partial charge in [0.05, 0.1) is 93.2 Å². The van der Waals surface area contributed by atoms with Crippen molar-refractivity contribution in [3.63, 3.8) is 0 Å². The molecule has 4 aliphatic heterocycles. The van der Waals surface area contributed by atoms with E-state index in [1.165, 1.54) is 67.1 Å². The fourth-order valence-corrected chi connectivity index (χ4v) is 19.1. The second kappa shape index (κ2) is 42.2. The van der Waals surface area contributed by atoms with Gasteiger partial charge in [-0.1, -0.05) is 55.4 Å². The van der Waals surface area contributed by atoms with E-state index in [1.54, 1.807) is 198 Å². The van der Waals surface area contributed by atoms with Crippen molar-refractivity contribution in [1.82, 2.24) is 128 Å². The summed E-state index contributed by atoms with van der Waals surface area (Å²) in [5, 5.41) is 33.9. The monoisotopic (exact) mass is 2000 g/mol. The van der Waals surface area contributed by atoms with Gasteiger partial charge in [0.25, 0.3) is 47.3 Å². The van der Waals surface area contributed by atoms with Crippen LogP contribution >= 0.6 is 0 Å². The summed E-state index contributed by atoms with van der Waals surface area (Å²) in [5.74, 6) is -2.09. The SMILES string of the molecule is CC(C)c1cc(-c2ccc(F)cc2)nn2cc(C(=O)N3CCN(C(=O)c4cccnc4)CC3(C)C)nc12.CC(C)c1cc(-c2ccc(F)cc2)nn2cc(C(=O)N3CCN(C(=O)c4cccnn4)CC3(C)C)nc12.CC(C)c1cc(-c2ccc(F)cc2)nn2cc(C(=O)N3CCN(C(=O)c4ccncc4)CC3(C)C)nc12.CC(C)c1cc(-c2ccc(F)cc2)nn2cc(C(=O)N3CCN(C(=O)c4ccnnc4)CC3(C)C)nc12. The molecule has 0 saturated carbocycles. The first-order valence-corrected chi connectivity index (χ1v) is 49.0. The fourth-order valence-electron chi connectivity index (χ4n) is 19.1. The molecule has 12 aromatic heterocycles. The molecule has 0 spiro atoms. The van der Waals surface area contributed by atoms with Crippen LogP contribution in [-0.4, -0.2) is 276 Å². The van der Waals surface area contributed by atoms with Crippen LogP contribution in [-0.2, 0) is 0 Å². The highest BCUT2D eigenvalue weighted by molar-refractivity contribution is 6.00. The zero-order valence-electron chi connectivity index (χ0n) is 85.1. The summed E-state index contributed by atoms with van der Waals surface area (Å²) in [6.07, 6.45) is 17.4. The minimum absolute atomic E-state index is 0.0746. The Balaban J connectivity index is 0.000000135. The van der Waals surface area contributed by atoms with Gasteiger partial charge < -0.3 is 39.2 Å². The first-order valence-electron chi connectivity index (χ1n) is 49.0. The second-order valence-electron chi connectivity index (χ2n) is 40.9. The predicted octanol–water partition coefficient (Wildman–Crippen LogP) is 16.5. The van der Waals surface area contributed by atoms with Gasteiger partial charge in [0, 0.05) is 160 Å². The van der Waals surface area contributed by atoms with Crippen LogP contribution in [0.5, 0.6) is 0 Å². The van der Waals surface area contributed by atoms with Crippen molar-refractivity contribution in [2.24, 2.45) is 0 Å². The summed E-state index contributed by atoms with van der Waals surface area (Å²) >= 11 is 0. The average Bonchev–Trinajstić information content (AvgIpc) is 1.62. The van der Waals surface area contributed by atoms with Gasteiger partial charge in [-0.25, -0.2) is 55.6 Å². The Hall–Kier alpha value is -16.7. The second-order valence-corrected chi connectivity index (χ2v) is 40.9. The highest BCUT2D eigenvalue weighted by atomic mass is 19.1. The molecule has 0 bridgehead atoms. The van der Waals surface area contributed by atoms with Gasteiger partial charge >= 0.3 is 0 Å². The Morgan fingerprint density at radius 3 is 0.824 bits per heavy atom. The first kappa shape index (κ1) is 103. The number of rotatable bonds is 16. The van der Waals surface area contributed by atoms with Crippen LogP contribution < -0.4 is 0 Å². The largest absolute Gasteiger partial charge is 0.335 e. The molecule has 38 heteroatoms. The minimum atomic E-state index is -0.628. The Morgan fingerprint density at radius 1 is 0.277 bits per heavy atom. The number of aromatic nitrogens is 18. The van der Waals surface area contributed by atoms with E-state index in [9.17, 15) is 55.9 Å². The predicted molar refractivity (Wildman–Crippen MR) is 546 cm³/mol. The van der Waals surface area contributed by atoms with E-state index in [2.05, 4.69) is 126 Å². The van der Waals surface area contributed by atoms with E-state index in [4.69, 9.17) is 0 Å². The molecule has 148 heavy (non-hydrogen) atoms. The lowest BCUT2D eigenvalue weighted by atomic mass is 9.97. The van der Waals surface area contributed by atoms with Gasteiger partial charge in [-0.15, -0.1) is 5.10 Å². The summed E-state index contributed by atoms with van der Waals surface area (Å²) < 4.78 is 60.3. The highest BCUT2D eigenvalue weighted by Gasteiger charge is 2.45. The molecule has 8 amide bonds. The number of nitrogens with zero attached hydrogens (tertiary/aromatic N) is 26. The van der Waals surface area contributed by atoms with Gasteiger partial charge in [0.1, 0.15) is 46.0 Å². The van der Waals surface area contributed by atoms with Crippen LogP contribution in [0.25, 0.3) is 67.6 Å². The van der Waals surface area contributed by atoms with Crippen LogP contribution in [0.1, 0.15) is 240 Å². The van der Waals surface area contributed by atoms with E-state index in [0.717, 1.165) is 44.5 Å². The zero-order chi connectivity index (χ0) is 105. The third-order valence-corrected chi connectivity index (χ3v) is 26.9. The number of hydrogen-bond donors (Lipinski definition) is 0. The molecule has 16 heterocycles. The molecule has 4 aliphatic rings. The number of carbonyl (C=O) groups excluding carboxylic acids is 8. The van der Waals surface area contributed by atoms with Crippen molar-refractivity contribution in [2.75, 3.05) is 78.5 Å². The summed E-state index contributed by atoms with van der Waals surface area (Å²) in [6.45, 7) is 36.6. The Bertz CT molecular complexity index is 6760. The van der Waals surface area contributed by atoms with Crippen molar-refractivity contribution in [3.8, 4) is 45.0 Å². The lowest BCUT2D eigenvalue weighted by Crippen LogP contribution is -2.62. The topological polar surface area (TPSA) is 361 Å². The van der Waals surface area contributed by atoms with E-state index < -0.39 is 22.2 Å². The highest BCUT2D eigenvalue weighted by Crippen LogP contribution is 2.37. The van der Waals surface area contributed by atoms with Crippen LogP contribution in [0.3, 0.4) is 0 Å².